The number of aromatic amines is 1. The molecule has 1 N–H and O–H groups in total. The van der Waals surface area contributed by atoms with Gasteiger partial charge in [0.05, 0.1) is 12.3 Å². The lowest BCUT2D eigenvalue weighted by molar-refractivity contribution is -0.0445. The number of nitrogens with zero attached hydrogens (tertiary/aromatic N) is 2. The summed E-state index contributed by atoms with van der Waals surface area (Å²) < 4.78 is 5.82. The van der Waals surface area contributed by atoms with E-state index in [2.05, 4.69) is 28.7 Å². The molecule has 0 radical (unpaired) electrons. The summed E-state index contributed by atoms with van der Waals surface area (Å²) in [7, 11) is 0. The van der Waals surface area contributed by atoms with Crippen LogP contribution < -0.4 is 5.56 Å². The first-order valence-electron chi connectivity index (χ1n) is 7.63. The Kier molecular flexibility index (Phi) is 3.89. The number of rotatable bonds is 2. The summed E-state index contributed by atoms with van der Waals surface area (Å²) in [4.78, 5) is 22.2. The van der Waals surface area contributed by atoms with Crippen LogP contribution in [0, 0.1) is 0 Å². The molecule has 1 atom stereocenters. The van der Waals surface area contributed by atoms with E-state index in [4.69, 9.17) is 4.74 Å². The van der Waals surface area contributed by atoms with Gasteiger partial charge in [0.15, 0.2) is 0 Å². The van der Waals surface area contributed by atoms with Crippen molar-refractivity contribution in [2.24, 2.45) is 0 Å². The Morgan fingerprint density at radius 1 is 1.35 bits per heavy atom. The number of hydrogen-bond donors (Lipinski definition) is 1. The van der Waals surface area contributed by atoms with Crippen LogP contribution in [0.3, 0.4) is 0 Å². The fourth-order valence-electron chi connectivity index (χ4n) is 3.08. The Bertz CT molecular complexity index is 538. The molecule has 0 spiro atoms. The predicted molar refractivity (Wildman–Crippen MR) is 76.9 cm³/mol. The number of hydrogen-bond acceptors (Lipinski definition) is 4. The van der Waals surface area contributed by atoms with Crippen molar-refractivity contribution < 1.29 is 4.74 Å². The number of morpholine rings is 1. The second-order valence-electron chi connectivity index (χ2n) is 6.03. The van der Waals surface area contributed by atoms with Gasteiger partial charge in [-0.1, -0.05) is 0 Å². The summed E-state index contributed by atoms with van der Waals surface area (Å²) >= 11 is 0. The molecule has 2 heterocycles. The molecular formula is C15H23N3O2. The highest BCUT2D eigenvalue weighted by Gasteiger charge is 2.26. The monoisotopic (exact) mass is 277 g/mol. The van der Waals surface area contributed by atoms with E-state index in [1.807, 2.05) is 0 Å². The van der Waals surface area contributed by atoms with Crippen molar-refractivity contribution in [3.63, 3.8) is 0 Å². The van der Waals surface area contributed by atoms with Crippen LogP contribution in [0.2, 0.25) is 0 Å². The molecule has 0 saturated carbocycles. The predicted octanol–water partition coefficient (Wildman–Crippen LogP) is 1.43. The maximum Gasteiger partial charge on any atom is 0.254 e. The molecule has 0 aromatic carbocycles. The summed E-state index contributed by atoms with van der Waals surface area (Å²) in [5.74, 6) is 0.709. The minimum atomic E-state index is -0.105. The molecule has 1 aliphatic carbocycles. The Morgan fingerprint density at radius 2 is 2.15 bits per heavy atom. The third-order valence-electron chi connectivity index (χ3n) is 4.34. The summed E-state index contributed by atoms with van der Waals surface area (Å²) in [5, 5.41) is 0. The van der Waals surface area contributed by atoms with Crippen molar-refractivity contribution in [2.45, 2.75) is 51.7 Å². The van der Waals surface area contributed by atoms with Crippen molar-refractivity contribution in [1.82, 2.24) is 14.9 Å². The first kappa shape index (κ1) is 13.8. The lowest BCUT2D eigenvalue weighted by Gasteiger charge is -2.35. The van der Waals surface area contributed by atoms with Gasteiger partial charge in [-0.2, -0.15) is 0 Å². The molecule has 5 heteroatoms. The topological polar surface area (TPSA) is 58.2 Å². The van der Waals surface area contributed by atoms with Crippen molar-refractivity contribution >= 4 is 0 Å². The van der Waals surface area contributed by atoms with Crippen LogP contribution in [0.1, 0.15) is 49.9 Å². The molecule has 2 aliphatic rings. The number of aromatic nitrogens is 2. The van der Waals surface area contributed by atoms with Gasteiger partial charge in [0.25, 0.3) is 5.56 Å². The minimum Gasteiger partial charge on any atom is -0.368 e. The van der Waals surface area contributed by atoms with Crippen molar-refractivity contribution in [3.05, 3.63) is 27.4 Å². The van der Waals surface area contributed by atoms with Gasteiger partial charge in [-0.15, -0.1) is 0 Å². The highest BCUT2D eigenvalue weighted by atomic mass is 16.5. The summed E-state index contributed by atoms with van der Waals surface area (Å²) in [5.41, 5.74) is 1.91. The summed E-state index contributed by atoms with van der Waals surface area (Å²) in [6, 6.07) is 0.491. The molecule has 3 rings (SSSR count). The quantitative estimate of drug-likeness (QED) is 0.888. The Labute approximate surface area is 119 Å². The number of fused-ring (bicyclic) bond motifs is 1. The van der Waals surface area contributed by atoms with Crippen LogP contribution in [-0.2, 0) is 17.6 Å². The molecule has 1 aromatic rings. The minimum absolute atomic E-state index is 0.0370. The zero-order valence-corrected chi connectivity index (χ0v) is 12.3. The van der Waals surface area contributed by atoms with Crippen molar-refractivity contribution in [3.8, 4) is 0 Å². The number of aryl methyl sites for hydroxylation is 1. The lowest BCUT2D eigenvalue weighted by atomic mass is 9.97. The number of nitrogens with one attached hydrogen (secondary N) is 1. The van der Waals surface area contributed by atoms with Gasteiger partial charge in [-0.3, -0.25) is 9.69 Å². The molecule has 1 aliphatic heterocycles. The SMILES string of the molecule is CC(C)N1CCOC(c2nc3c(c(=O)[nH]2)CCCC3)C1. The van der Waals surface area contributed by atoms with Crippen LogP contribution in [0.4, 0.5) is 0 Å². The fraction of sp³-hybridized carbons (Fsp3) is 0.733. The van der Waals surface area contributed by atoms with Crippen LogP contribution >= 0.6 is 0 Å². The first-order chi connectivity index (χ1) is 9.65. The second-order valence-corrected chi connectivity index (χ2v) is 6.03. The molecule has 1 aromatic heterocycles. The van der Waals surface area contributed by atoms with Gasteiger partial charge in [0.1, 0.15) is 11.9 Å². The molecule has 20 heavy (non-hydrogen) atoms. The highest BCUT2D eigenvalue weighted by molar-refractivity contribution is 5.21. The number of H-pyrrole nitrogens is 1. The van der Waals surface area contributed by atoms with E-state index in [1.54, 1.807) is 0 Å². The zero-order valence-electron chi connectivity index (χ0n) is 12.3. The average Bonchev–Trinajstić information content (AvgIpc) is 2.47. The van der Waals surface area contributed by atoms with Crippen molar-refractivity contribution in [1.29, 1.82) is 0 Å². The Morgan fingerprint density at radius 3 is 2.95 bits per heavy atom. The van der Waals surface area contributed by atoms with Crippen molar-refractivity contribution in [2.75, 3.05) is 19.7 Å². The smallest absolute Gasteiger partial charge is 0.254 e. The van der Waals surface area contributed by atoms with Gasteiger partial charge in [0, 0.05) is 24.7 Å². The van der Waals surface area contributed by atoms with E-state index < -0.39 is 0 Å². The Balaban J connectivity index is 1.86. The van der Waals surface area contributed by atoms with E-state index in [0.717, 1.165) is 50.0 Å². The standard InChI is InChI=1S/C15H23N3O2/c1-10(2)18-7-8-20-13(9-18)14-16-12-6-4-3-5-11(12)15(19)17-14/h10,13H,3-9H2,1-2H3,(H,16,17,19). The van der Waals surface area contributed by atoms with Gasteiger partial charge in [0.2, 0.25) is 0 Å². The van der Waals surface area contributed by atoms with Crippen LogP contribution in [0.15, 0.2) is 4.79 Å². The van der Waals surface area contributed by atoms with E-state index in [-0.39, 0.29) is 11.7 Å². The summed E-state index contributed by atoms with van der Waals surface area (Å²) in [6.45, 7) is 6.82. The second kappa shape index (κ2) is 5.66. The third-order valence-corrected chi connectivity index (χ3v) is 4.34. The summed E-state index contributed by atoms with van der Waals surface area (Å²) in [6.07, 6.45) is 3.91. The lowest BCUT2D eigenvalue weighted by Crippen LogP contribution is -2.43. The number of ether oxygens (including phenoxy) is 1. The van der Waals surface area contributed by atoms with Crippen LogP contribution in [0.5, 0.6) is 0 Å². The Hall–Kier alpha value is -1.20. The van der Waals surface area contributed by atoms with Gasteiger partial charge >= 0.3 is 0 Å². The first-order valence-corrected chi connectivity index (χ1v) is 7.63. The maximum atomic E-state index is 12.2. The van der Waals surface area contributed by atoms with E-state index in [0.29, 0.717) is 18.5 Å². The van der Waals surface area contributed by atoms with Crippen LogP contribution in [0.25, 0.3) is 0 Å². The van der Waals surface area contributed by atoms with Gasteiger partial charge < -0.3 is 9.72 Å². The third kappa shape index (κ3) is 2.65. The molecule has 5 nitrogen and oxygen atoms in total. The molecule has 1 fully saturated rings. The molecular weight excluding hydrogens is 254 g/mol. The maximum absolute atomic E-state index is 12.2. The fourth-order valence-corrected chi connectivity index (χ4v) is 3.08. The van der Waals surface area contributed by atoms with Crippen LogP contribution in [-0.4, -0.2) is 40.6 Å². The van der Waals surface area contributed by atoms with E-state index in [1.165, 1.54) is 0 Å². The average molecular weight is 277 g/mol. The largest absolute Gasteiger partial charge is 0.368 e. The molecule has 1 unspecified atom stereocenters. The molecule has 0 amide bonds. The molecule has 0 bridgehead atoms. The van der Waals surface area contributed by atoms with E-state index >= 15 is 0 Å². The van der Waals surface area contributed by atoms with Gasteiger partial charge in [-0.05, 0) is 39.5 Å². The molecule has 1 saturated heterocycles. The normalized spacial score (nSPS) is 23.9. The van der Waals surface area contributed by atoms with E-state index in [9.17, 15) is 4.79 Å². The van der Waals surface area contributed by atoms with Gasteiger partial charge in [-0.25, -0.2) is 4.98 Å². The highest BCUT2D eigenvalue weighted by Crippen LogP contribution is 2.22. The molecule has 110 valence electrons. The zero-order chi connectivity index (χ0) is 14.1.